The third kappa shape index (κ3) is 6.33. The highest BCUT2D eigenvalue weighted by molar-refractivity contribution is 6.30. The van der Waals surface area contributed by atoms with E-state index in [1.807, 2.05) is 25.1 Å². The lowest BCUT2D eigenvalue weighted by molar-refractivity contribution is -0.385. The molecule has 4 aromatic carbocycles. The zero-order valence-electron chi connectivity index (χ0n) is 24.9. The summed E-state index contributed by atoms with van der Waals surface area (Å²) in [6.07, 6.45) is 2.15. The summed E-state index contributed by atoms with van der Waals surface area (Å²) in [6, 6.07) is 19.8. The van der Waals surface area contributed by atoms with Gasteiger partial charge < -0.3 is 24.3 Å². The molecule has 1 heterocycles. The standard InChI is InChI=1S/C34H31ClN2O7/c1-20-18-34(2,3)36-28-14-13-25(27(32(20)28)19-43-31-16-23(37(39)40)10-15-29(31)41-4)26-12-11-24(17-30(26)42-5)44-33(38)21-6-8-22(35)9-7-21/h6-18,36H,19H2,1-5H3. The fraction of sp³-hybridized carbons (Fsp3) is 0.206. The molecule has 0 bridgehead atoms. The van der Waals surface area contributed by atoms with Crippen molar-refractivity contribution in [2.45, 2.75) is 32.9 Å². The van der Waals surface area contributed by atoms with E-state index < -0.39 is 10.9 Å². The molecule has 4 aromatic rings. The van der Waals surface area contributed by atoms with Crippen LogP contribution >= 0.6 is 11.6 Å². The Morgan fingerprint density at radius 2 is 1.61 bits per heavy atom. The first kappa shape index (κ1) is 30.4. The molecule has 0 aliphatic carbocycles. The summed E-state index contributed by atoms with van der Waals surface area (Å²) in [4.78, 5) is 23.7. The Bertz CT molecular complexity index is 1780. The molecule has 0 fully saturated rings. The number of ether oxygens (including phenoxy) is 4. The molecule has 5 rings (SSSR count). The van der Waals surface area contributed by atoms with Gasteiger partial charge in [0.2, 0.25) is 0 Å². The van der Waals surface area contributed by atoms with Gasteiger partial charge in [-0.1, -0.05) is 23.7 Å². The average Bonchev–Trinajstić information content (AvgIpc) is 2.99. The first-order valence-corrected chi connectivity index (χ1v) is 14.1. The quantitative estimate of drug-likeness (QED) is 0.0867. The van der Waals surface area contributed by atoms with Gasteiger partial charge in [-0.3, -0.25) is 10.1 Å². The van der Waals surface area contributed by atoms with Crippen molar-refractivity contribution in [2.75, 3.05) is 19.5 Å². The van der Waals surface area contributed by atoms with Gasteiger partial charge in [-0.05, 0) is 80.4 Å². The molecule has 1 N–H and O–H groups in total. The van der Waals surface area contributed by atoms with Crippen LogP contribution in [0.25, 0.3) is 16.7 Å². The van der Waals surface area contributed by atoms with E-state index >= 15 is 0 Å². The average molecular weight is 615 g/mol. The van der Waals surface area contributed by atoms with Crippen molar-refractivity contribution in [3.63, 3.8) is 0 Å². The van der Waals surface area contributed by atoms with Crippen molar-refractivity contribution in [1.29, 1.82) is 0 Å². The van der Waals surface area contributed by atoms with Crippen LogP contribution in [0, 0.1) is 10.1 Å². The third-order valence-corrected chi connectivity index (χ3v) is 7.48. The number of hydrogen-bond donors (Lipinski definition) is 1. The van der Waals surface area contributed by atoms with Crippen LogP contribution in [0.15, 0.2) is 78.9 Å². The van der Waals surface area contributed by atoms with Crippen molar-refractivity contribution >= 4 is 34.5 Å². The van der Waals surface area contributed by atoms with Gasteiger partial charge in [0.1, 0.15) is 18.1 Å². The van der Waals surface area contributed by atoms with Gasteiger partial charge in [0.05, 0.1) is 36.3 Å². The Kier molecular flexibility index (Phi) is 8.51. The van der Waals surface area contributed by atoms with E-state index in [0.717, 1.165) is 33.5 Å². The highest BCUT2D eigenvalue weighted by Crippen LogP contribution is 2.44. The zero-order valence-corrected chi connectivity index (χ0v) is 25.7. The van der Waals surface area contributed by atoms with Crippen molar-refractivity contribution in [2.24, 2.45) is 0 Å². The van der Waals surface area contributed by atoms with Gasteiger partial charge in [0.15, 0.2) is 11.5 Å². The number of nitrogens with one attached hydrogen (secondary N) is 1. The number of nitrogens with zero attached hydrogens (tertiary/aromatic N) is 1. The van der Waals surface area contributed by atoms with Gasteiger partial charge in [0, 0.05) is 39.5 Å². The minimum atomic E-state index is -0.528. The molecule has 0 aromatic heterocycles. The molecular formula is C34H31ClN2O7. The molecule has 226 valence electrons. The monoisotopic (exact) mass is 614 g/mol. The van der Waals surface area contributed by atoms with E-state index in [0.29, 0.717) is 27.8 Å². The number of fused-ring (bicyclic) bond motifs is 1. The summed E-state index contributed by atoms with van der Waals surface area (Å²) < 4.78 is 23.1. The largest absolute Gasteiger partial charge is 0.496 e. The SMILES string of the molecule is COc1ccc([N+](=O)[O-])cc1OCc1c(-c2ccc(OC(=O)c3ccc(Cl)cc3)cc2OC)ccc2c1C(C)=CC(C)(C)N2. The molecule has 0 amide bonds. The van der Waals surface area contributed by atoms with Crippen molar-refractivity contribution in [1.82, 2.24) is 0 Å². The molecular weight excluding hydrogens is 584 g/mol. The van der Waals surface area contributed by atoms with E-state index in [1.165, 1.54) is 25.3 Å². The van der Waals surface area contributed by atoms with Gasteiger partial charge in [-0.2, -0.15) is 0 Å². The number of halogens is 1. The summed E-state index contributed by atoms with van der Waals surface area (Å²) in [5, 5.41) is 15.5. The second kappa shape index (κ2) is 12.3. The maximum absolute atomic E-state index is 12.7. The summed E-state index contributed by atoms with van der Waals surface area (Å²) >= 11 is 5.95. The minimum absolute atomic E-state index is 0.0692. The van der Waals surface area contributed by atoms with Gasteiger partial charge in [-0.15, -0.1) is 0 Å². The van der Waals surface area contributed by atoms with E-state index in [2.05, 4.69) is 25.2 Å². The van der Waals surface area contributed by atoms with Crippen LogP contribution in [0.3, 0.4) is 0 Å². The Labute approximate surface area is 260 Å². The van der Waals surface area contributed by atoms with Crippen LogP contribution in [-0.2, 0) is 6.61 Å². The number of carbonyl (C=O) groups is 1. The van der Waals surface area contributed by atoms with Crippen LogP contribution in [0.2, 0.25) is 5.02 Å². The second-order valence-corrected chi connectivity index (χ2v) is 11.3. The first-order chi connectivity index (χ1) is 21.0. The van der Waals surface area contributed by atoms with Crippen LogP contribution in [0.1, 0.15) is 42.3 Å². The molecule has 0 spiro atoms. The predicted molar refractivity (Wildman–Crippen MR) is 170 cm³/mol. The third-order valence-electron chi connectivity index (χ3n) is 7.23. The fourth-order valence-electron chi connectivity index (χ4n) is 5.35. The zero-order chi connectivity index (χ0) is 31.6. The Morgan fingerprint density at radius 1 is 0.909 bits per heavy atom. The summed E-state index contributed by atoms with van der Waals surface area (Å²) in [6.45, 7) is 6.29. The Morgan fingerprint density at radius 3 is 2.30 bits per heavy atom. The maximum Gasteiger partial charge on any atom is 0.343 e. The number of non-ortho nitro benzene ring substituents is 1. The van der Waals surface area contributed by atoms with Crippen molar-refractivity contribution in [3.05, 3.63) is 111 Å². The number of carbonyl (C=O) groups excluding carboxylic acids is 1. The van der Waals surface area contributed by atoms with E-state index in [9.17, 15) is 14.9 Å². The number of allylic oxidation sites excluding steroid dienone is 1. The maximum atomic E-state index is 12.7. The lowest BCUT2D eigenvalue weighted by atomic mass is 9.85. The van der Waals surface area contributed by atoms with Crippen LogP contribution in [0.4, 0.5) is 11.4 Å². The topological polar surface area (TPSA) is 109 Å². The lowest BCUT2D eigenvalue weighted by Crippen LogP contribution is -2.32. The summed E-state index contributed by atoms with van der Waals surface area (Å²) in [5.74, 6) is 0.874. The normalized spacial score (nSPS) is 13.2. The smallest absolute Gasteiger partial charge is 0.343 e. The summed E-state index contributed by atoms with van der Waals surface area (Å²) in [7, 11) is 3.02. The van der Waals surface area contributed by atoms with Gasteiger partial charge in [-0.25, -0.2) is 4.79 Å². The van der Waals surface area contributed by atoms with Crippen LogP contribution < -0.4 is 24.3 Å². The molecule has 0 saturated carbocycles. The molecule has 0 radical (unpaired) electrons. The molecule has 1 aliphatic rings. The van der Waals surface area contributed by atoms with Crippen LogP contribution in [0.5, 0.6) is 23.0 Å². The molecule has 9 nitrogen and oxygen atoms in total. The van der Waals surface area contributed by atoms with Gasteiger partial charge >= 0.3 is 5.97 Å². The number of methoxy groups -OCH3 is 2. The highest BCUT2D eigenvalue weighted by Gasteiger charge is 2.27. The predicted octanol–water partition coefficient (Wildman–Crippen LogP) is 8.34. The number of benzene rings is 4. The lowest BCUT2D eigenvalue weighted by Gasteiger charge is -2.33. The highest BCUT2D eigenvalue weighted by atomic mass is 35.5. The number of esters is 1. The molecule has 0 saturated heterocycles. The van der Waals surface area contributed by atoms with E-state index in [4.69, 9.17) is 30.5 Å². The van der Waals surface area contributed by atoms with Crippen LogP contribution in [-0.4, -0.2) is 30.7 Å². The second-order valence-electron chi connectivity index (χ2n) is 10.8. The number of rotatable bonds is 9. The summed E-state index contributed by atoms with van der Waals surface area (Å²) in [5.41, 5.74) is 5.29. The molecule has 0 unspecified atom stereocenters. The molecule has 0 atom stereocenters. The Hall–Kier alpha value is -5.02. The number of hydrogen-bond acceptors (Lipinski definition) is 8. The molecule has 10 heteroatoms. The first-order valence-electron chi connectivity index (χ1n) is 13.7. The van der Waals surface area contributed by atoms with E-state index in [1.54, 1.807) is 43.5 Å². The van der Waals surface area contributed by atoms with E-state index in [-0.39, 0.29) is 23.6 Å². The number of nitro groups is 1. The van der Waals surface area contributed by atoms with Crippen molar-refractivity contribution in [3.8, 4) is 34.1 Å². The van der Waals surface area contributed by atoms with Gasteiger partial charge in [0.25, 0.3) is 5.69 Å². The molecule has 44 heavy (non-hydrogen) atoms. The minimum Gasteiger partial charge on any atom is -0.496 e. The number of anilines is 1. The fourth-order valence-corrected chi connectivity index (χ4v) is 5.48. The molecule has 1 aliphatic heterocycles. The number of nitro benzene ring substituents is 1. The van der Waals surface area contributed by atoms with Crippen molar-refractivity contribution < 1.29 is 28.7 Å². The Balaban J connectivity index is 1.56.